The maximum atomic E-state index is 3.62. The second-order valence-corrected chi connectivity index (χ2v) is 16.0. The van der Waals surface area contributed by atoms with E-state index in [4.69, 9.17) is 0 Å². The predicted molar refractivity (Wildman–Crippen MR) is 86.8 cm³/mol. The Morgan fingerprint density at radius 1 is 0.889 bits per heavy atom. The minimum Gasteiger partial charge on any atom is -0.410 e. The maximum absolute atomic E-state index is 3.62. The zero-order valence-corrected chi connectivity index (χ0v) is 14.3. The van der Waals surface area contributed by atoms with Crippen molar-refractivity contribution >= 4 is 22.2 Å². The van der Waals surface area contributed by atoms with Crippen molar-refractivity contribution in [1.29, 1.82) is 0 Å². The van der Waals surface area contributed by atoms with E-state index in [1.54, 1.807) is 0 Å². The van der Waals surface area contributed by atoms with E-state index in [1.807, 2.05) is 6.07 Å². The Morgan fingerprint density at radius 2 is 1.50 bits per heavy atom. The molecular weight excluding hydrogens is 252 g/mol. The molecule has 1 rings (SSSR count). The molecule has 0 atom stereocenters. The molecule has 0 spiro atoms. The molecule has 0 aliphatic carbocycles. The molecule has 1 aromatic rings. The van der Waals surface area contributed by atoms with Crippen LogP contribution in [0.3, 0.4) is 0 Å². The third kappa shape index (κ3) is 5.94. The zero-order valence-electron chi connectivity index (χ0n) is 12.3. The van der Waals surface area contributed by atoms with Crippen molar-refractivity contribution in [2.45, 2.75) is 39.3 Å². The van der Waals surface area contributed by atoms with Gasteiger partial charge in [-0.3, -0.25) is 0 Å². The molecule has 0 aliphatic rings. The minimum atomic E-state index is -1.33. The van der Waals surface area contributed by atoms with Gasteiger partial charge >= 0.3 is 0 Å². The topological polar surface area (TPSA) is 24.1 Å². The molecule has 0 saturated heterocycles. The Balaban J connectivity index is 2.89. The Kier molecular flexibility index (Phi) is 4.66. The lowest BCUT2D eigenvalue weighted by atomic mass is 10.2. The molecule has 0 aliphatic heterocycles. The van der Waals surface area contributed by atoms with Gasteiger partial charge < -0.3 is 9.96 Å². The van der Waals surface area contributed by atoms with Gasteiger partial charge in [0.05, 0.1) is 0 Å². The molecule has 0 amide bonds. The molecule has 0 heterocycles. The molecule has 0 radical (unpaired) electrons. The third-order valence-corrected chi connectivity index (χ3v) is 3.97. The highest BCUT2D eigenvalue weighted by Gasteiger charge is 2.14. The van der Waals surface area contributed by atoms with Crippen LogP contribution in [0.25, 0.3) is 0 Å². The van der Waals surface area contributed by atoms with Crippen molar-refractivity contribution < 1.29 is 0 Å². The number of para-hydroxylation sites is 1. The summed E-state index contributed by atoms with van der Waals surface area (Å²) in [4.78, 5) is 6.94. The highest BCUT2D eigenvalue weighted by atomic mass is 28.3. The molecule has 2 nitrogen and oxygen atoms in total. The quantitative estimate of drug-likeness (QED) is 0.500. The van der Waals surface area contributed by atoms with Gasteiger partial charge in [-0.25, -0.2) is 0 Å². The van der Waals surface area contributed by atoms with E-state index < -0.39 is 16.5 Å². The minimum absolute atomic E-state index is 1.07. The van der Waals surface area contributed by atoms with Crippen LogP contribution >= 0.6 is 0 Å². The molecular formula is C14H24N2Si2. The van der Waals surface area contributed by atoms with Gasteiger partial charge in [0.25, 0.3) is 0 Å². The predicted octanol–water partition coefficient (Wildman–Crippen LogP) is 3.67. The maximum Gasteiger partial charge on any atom is 0.153 e. The number of hydrogen-bond acceptors (Lipinski definition) is 2. The fourth-order valence-corrected chi connectivity index (χ4v) is 2.85. The van der Waals surface area contributed by atoms with Gasteiger partial charge in [0.2, 0.25) is 0 Å². The van der Waals surface area contributed by atoms with Crippen molar-refractivity contribution in [3.8, 4) is 12.0 Å². The van der Waals surface area contributed by atoms with Gasteiger partial charge in [-0.05, 0) is 18.1 Å². The first-order valence-corrected chi connectivity index (χ1v) is 13.3. The van der Waals surface area contributed by atoms with Crippen molar-refractivity contribution in [3.05, 3.63) is 29.8 Å². The molecule has 2 N–H and O–H groups in total. The van der Waals surface area contributed by atoms with E-state index in [0.29, 0.717) is 0 Å². The summed E-state index contributed by atoms with van der Waals surface area (Å²) in [5.41, 5.74) is 2.23. The largest absolute Gasteiger partial charge is 0.410 e. The first-order valence-electron chi connectivity index (χ1n) is 6.33. The zero-order chi connectivity index (χ0) is 13.8. The van der Waals surface area contributed by atoms with Crippen molar-refractivity contribution in [2.24, 2.45) is 0 Å². The summed E-state index contributed by atoms with van der Waals surface area (Å²) in [7, 11) is -2.65. The average Bonchev–Trinajstić information content (AvgIpc) is 2.16. The van der Waals surface area contributed by atoms with E-state index in [9.17, 15) is 0 Å². The van der Waals surface area contributed by atoms with Gasteiger partial charge in [-0.2, -0.15) is 0 Å². The molecule has 0 aromatic heterocycles. The lowest BCUT2D eigenvalue weighted by Crippen LogP contribution is -2.37. The molecule has 1 aromatic carbocycles. The van der Waals surface area contributed by atoms with E-state index in [-0.39, 0.29) is 0 Å². The van der Waals surface area contributed by atoms with Crippen LogP contribution < -0.4 is 9.96 Å². The van der Waals surface area contributed by atoms with Gasteiger partial charge in [0.15, 0.2) is 8.24 Å². The lowest BCUT2D eigenvalue weighted by molar-refractivity contribution is 1.31. The summed E-state index contributed by atoms with van der Waals surface area (Å²) < 4.78 is 0. The summed E-state index contributed by atoms with van der Waals surface area (Å²) in [5, 5.41) is 0. The number of nitrogens with one attached hydrogen (secondary N) is 2. The van der Waals surface area contributed by atoms with Crippen LogP contribution in [-0.4, -0.2) is 16.5 Å². The number of anilines is 1. The van der Waals surface area contributed by atoms with E-state index in [1.165, 1.54) is 0 Å². The van der Waals surface area contributed by atoms with Gasteiger partial charge in [0, 0.05) is 17.3 Å². The molecule has 0 saturated carbocycles. The molecule has 98 valence electrons. The number of benzene rings is 1. The summed E-state index contributed by atoms with van der Waals surface area (Å²) >= 11 is 0. The Morgan fingerprint density at radius 3 is 2.06 bits per heavy atom. The van der Waals surface area contributed by atoms with Crippen LogP contribution in [0.5, 0.6) is 0 Å². The van der Waals surface area contributed by atoms with Crippen molar-refractivity contribution in [2.75, 3.05) is 4.98 Å². The lowest BCUT2D eigenvalue weighted by Gasteiger charge is -2.20. The van der Waals surface area contributed by atoms with Crippen LogP contribution in [0.15, 0.2) is 24.3 Å². The standard InChI is InChI=1S/C14H24N2Si2/c1-17(2,3)15-12-11-13-9-7-8-10-14(13)16-18(4,5)6/h7-10,15-16H,1-6H3. The van der Waals surface area contributed by atoms with E-state index >= 15 is 0 Å². The first kappa shape index (κ1) is 14.9. The van der Waals surface area contributed by atoms with Gasteiger partial charge in [-0.1, -0.05) is 51.4 Å². The van der Waals surface area contributed by atoms with Crippen molar-refractivity contribution in [3.63, 3.8) is 0 Å². The third-order valence-electron chi connectivity index (χ3n) is 2.07. The van der Waals surface area contributed by atoms with Crippen molar-refractivity contribution in [1.82, 2.24) is 4.98 Å². The first-order chi connectivity index (χ1) is 8.17. The molecule has 0 fully saturated rings. The molecule has 0 unspecified atom stereocenters. The fraction of sp³-hybridized carbons (Fsp3) is 0.429. The summed E-state index contributed by atoms with van der Waals surface area (Å²) in [5.74, 6) is 3.23. The monoisotopic (exact) mass is 276 g/mol. The average molecular weight is 277 g/mol. The van der Waals surface area contributed by atoms with Crippen LogP contribution in [0.4, 0.5) is 5.69 Å². The van der Waals surface area contributed by atoms with Crippen LogP contribution in [0.2, 0.25) is 39.3 Å². The van der Waals surface area contributed by atoms with Crippen LogP contribution in [0, 0.1) is 12.0 Å². The number of hydrogen-bond donors (Lipinski definition) is 2. The molecule has 18 heavy (non-hydrogen) atoms. The summed E-state index contributed by atoms with van der Waals surface area (Å²) in [6.45, 7) is 13.6. The SMILES string of the molecule is C[Si](C)(C)NC#Cc1ccccc1N[Si](C)(C)C. The fourth-order valence-electron chi connectivity index (χ4n) is 1.39. The normalized spacial score (nSPS) is 11.4. The second kappa shape index (κ2) is 5.64. The van der Waals surface area contributed by atoms with Gasteiger partial charge in [-0.15, -0.1) is 0 Å². The smallest absolute Gasteiger partial charge is 0.153 e. The Hall–Kier alpha value is -1.19. The summed E-state index contributed by atoms with van der Waals surface area (Å²) in [6.07, 6.45) is 0. The highest BCUT2D eigenvalue weighted by molar-refractivity contribution is 6.79. The molecule has 4 heteroatoms. The number of rotatable bonds is 3. The van der Waals surface area contributed by atoms with Gasteiger partial charge in [0.1, 0.15) is 8.24 Å². The van der Waals surface area contributed by atoms with E-state index in [2.05, 4.69) is 79.4 Å². The van der Waals surface area contributed by atoms with E-state index in [0.717, 1.165) is 11.3 Å². The van der Waals surface area contributed by atoms with Crippen LogP contribution in [-0.2, 0) is 0 Å². The summed E-state index contributed by atoms with van der Waals surface area (Å²) in [6, 6.07) is 11.4. The Labute approximate surface area is 113 Å². The molecule has 0 bridgehead atoms. The highest BCUT2D eigenvalue weighted by Crippen LogP contribution is 2.17. The second-order valence-electron chi connectivity index (χ2n) is 6.55. The van der Waals surface area contributed by atoms with Crippen LogP contribution in [0.1, 0.15) is 5.56 Å². The Bertz CT molecular complexity index is 459.